The summed E-state index contributed by atoms with van der Waals surface area (Å²) in [7, 11) is 0. The summed E-state index contributed by atoms with van der Waals surface area (Å²) >= 11 is 6.40. The van der Waals surface area contributed by atoms with Crippen LogP contribution in [0.1, 0.15) is 29.3 Å². The number of nitrogens with zero attached hydrogens (tertiary/aromatic N) is 1. The Morgan fingerprint density at radius 1 is 1.18 bits per heavy atom. The van der Waals surface area contributed by atoms with Gasteiger partial charge in [-0.3, -0.25) is 4.90 Å². The maximum Gasteiger partial charge on any atom is 0.416 e. The van der Waals surface area contributed by atoms with Crippen LogP contribution < -0.4 is 20.0 Å². The molecule has 1 aromatic heterocycles. The second-order valence-corrected chi connectivity index (χ2v) is 8.86. The molecule has 2 heterocycles. The number of alkyl halides is 1. The molecular weight excluding hydrogens is 455 g/mol. The van der Waals surface area contributed by atoms with Gasteiger partial charge in [0.2, 0.25) is 0 Å². The van der Waals surface area contributed by atoms with Crippen molar-refractivity contribution in [2.24, 2.45) is 0 Å². The highest BCUT2D eigenvalue weighted by molar-refractivity contribution is 6.24. The molecule has 3 aromatic rings. The number of hydrogen-bond acceptors (Lipinski definition) is 3. The standard InChI is InChI=1S/C27H24ClFN2O3/c1-2-15-33-20-8-3-17(4-9-20)26-25-22(23-16-18(28)5-12-24(23)30-25)13-14-31(26)27(32)34-21-10-6-19(29)7-11-21/h2-4,6-12,16,18,26,30H,1,5,13-15H2. The molecular formula is C27H24ClFN2O3. The number of nitrogens with one attached hydrogen (secondary N) is 1. The summed E-state index contributed by atoms with van der Waals surface area (Å²) in [6, 6.07) is 12.7. The third kappa shape index (κ3) is 4.33. The molecule has 0 saturated heterocycles. The van der Waals surface area contributed by atoms with Crippen molar-refractivity contribution in [2.45, 2.75) is 24.3 Å². The minimum absolute atomic E-state index is 0.0476. The van der Waals surface area contributed by atoms with Gasteiger partial charge in [0, 0.05) is 22.8 Å². The first-order valence-corrected chi connectivity index (χ1v) is 11.6. The summed E-state index contributed by atoms with van der Waals surface area (Å²) in [6.07, 6.45) is 6.81. The monoisotopic (exact) mass is 478 g/mol. The highest BCUT2D eigenvalue weighted by Gasteiger charge is 2.35. The van der Waals surface area contributed by atoms with E-state index in [9.17, 15) is 9.18 Å². The third-order valence-corrected chi connectivity index (χ3v) is 6.41. The minimum atomic E-state index is -0.495. The number of carbonyl (C=O) groups is 1. The van der Waals surface area contributed by atoms with Crippen molar-refractivity contribution in [1.82, 2.24) is 9.88 Å². The van der Waals surface area contributed by atoms with Crippen LogP contribution in [0.15, 0.2) is 61.2 Å². The fraction of sp³-hybridized carbons (Fsp3) is 0.222. The Hall–Kier alpha value is -3.51. The maximum absolute atomic E-state index is 13.3. The predicted octanol–water partition coefficient (Wildman–Crippen LogP) is 4.44. The number of amides is 1. The van der Waals surface area contributed by atoms with Gasteiger partial charge in [0.15, 0.2) is 0 Å². The summed E-state index contributed by atoms with van der Waals surface area (Å²) in [6.45, 7) is 4.56. The number of hydrogen-bond donors (Lipinski definition) is 1. The Morgan fingerprint density at radius 2 is 1.91 bits per heavy atom. The highest BCUT2D eigenvalue weighted by Crippen LogP contribution is 2.34. The molecule has 174 valence electrons. The maximum atomic E-state index is 13.3. The van der Waals surface area contributed by atoms with Gasteiger partial charge in [-0.2, -0.15) is 0 Å². The van der Waals surface area contributed by atoms with Crippen molar-refractivity contribution in [2.75, 3.05) is 13.2 Å². The number of ether oxygens (including phenoxy) is 2. The number of fused-ring (bicyclic) bond motifs is 3. The lowest BCUT2D eigenvalue weighted by Crippen LogP contribution is -2.43. The predicted molar refractivity (Wildman–Crippen MR) is 130 cm³/mol. The summed E-state index contributed by atoms with van der Waals surface area (Å²) in [4.78, 5) is 18.5. The van der Waals surface area contributed by atoms with Gasteiger partial charge in [-0.15, -0.1) is 11.6 Å². The Bertz CT molecular complexity index is 1330. The molecule has 2 atom stereocenters. The van der Waals surface area contributed by atoms with E-state index in [0.717, 1.165) is 34.0 Å². The number of rotatable bonds is 5. The molecule has 7 heteroatoms. The van der Waals surface area contributed by atoms with Crippen LogP contribution in [0.5, 0.6) is 11.5 Å². The molecule has 0 radical (unpaired) electrons. The van der Waals surface area contributed by atoms with Crippen LogP contribution in [0.4, 0.5) is 9.18 Å². The van der Waals surface area contributed by atoms with Crippen LogP contribution in [-0.4, -0.2) is 34.5 Å². The lowest BCUT2D eigenvalue weighted by molar-refractivity contribution is 0.135. The van der Waals surface area contributed by atoms with E-state index in [4.69, 9.17) is 21.1 Å². The number of H-pyrrole nitrogens is 1. The summed E-state index contributed by atoms with van der Waals surface area (Å²) in [5.41, 5.74) is 3.04. The first kappa shape index (κ1) is 22.3. The van der Waals surface area contributed by atoms with Crippen LogP contribution in [0.25, 0.3) is 12.2 Å². The van der Waals surface area contributed by atoms with Gasteiger partial charge in [0.25, 0.3) is 0 Å². The molecule has 1 aliphatic carbocycles. The molecule has 1 N–H and O–H groups in total. The van der Waals surface area contributed by atoms with Crippen LogP contribution in [0.2, 0.25) is 0 Å². The highest BCUT2D eigenvalue weighted by atomic mass is 35.5. The van der Waals surface area contributed by atoms with Crippen molar-refractivity contribution in [3.63, 3.8) is 0 Å². The van der Waals surface area contributed by atoms with Crippen LogP contribution >= 0.6 is 11.6 Å². The lowest BCUT2D eigenvalue weighted by Gasteiger charge is -2.35. The fourth-order valence-electron chi connectivity index (χ4n) is 4.55. The van der Waals surface area contributed by atoms with E-state index in [1.165, 1.54) is 29.8 Å². The van der Waals surface area contributed by atoms with Crippen LogP contribution in [-0.2, 0) is 6.42 Å². The zero-order valence-electron chi connectivity index (χ0n) is 18.5. The number of benzene rings is 2. The van der Waals surface area contributed by atoms with Crippen molar-refractivity contribution >= 4 is 29.8 Å². The summed E-state index contributed by atoms with van der Waals surface area (Å²) < 4.78 is 24.5. The Kier molecular flexibility index (Phi) is 6.16. The molecule has 0 spiro atoms. The van der Waals surface area contributed by atoms with E-state index in [-0.39, 0.29) is 17.2 Å². The van der Waals surface area contributed by atoms with E-state index in [1.54, 1.807) is 11.0 Å². The summed E-state index contributed by atoms with van der Waals surface area (Å²) in [5, 5.41) is 2.10. The average Bonchev–Trinajstić information content (AvgIpc) is 3.21. The number of carbonyl (C=O) groups excluding carboxylic acids is 1. The van der Waals surface area contributed by atoms with Crippen molar-refractivity contribution in [1.29, 1.82) is 0 Å². The van der Waals surface area contributed by atoms with Gasteiger partial charge in [-0.1, -0.05) is 36.9 Å². The average molecular weight is 479 g/mol. The second kappa shape index (κ2) is 9.39. The van der Waals surface area contributed by atoms with Gasteiger partial charge in [0.1, 0.15) is 30.0 Å². The van der Waals surface area contributed by atoms with E-state index in [1.807, 2.05) is 24.3 Å². The first-order chi connectivity index (χ1) is 16.5. The molecule has 5 nitrogen and oxygen atoms in total. The van der Waals surface area contributed by atoms with E-state index in [0.29, 0.717) is 25.3 Å². The molecule has 2 unspecified atom stereocenters. The van der Waals surface area contributed by atoms with E-state index in [2.05, 4.69) is 23.7 Å². The Labute approximate surface area is 201 Å². The van der Waals surface area contributed by atoms with Crippen molar-refractivity contribution in [3.8, 4) is 11.5 Å². The molecule has 5 rings (SSSR count). The number of aromatic nitrogens is 1. The second-order valence-electron chi connectivity index (χ2n) is 8.30. The first-order valence-electron chi connectivity index (χ1n) is 11.2. The van der Waals surface area contributed by atoms with Crippen LogP contribution in [0, 0.1) is 5.82 Å². The topological polar surface area (TPSA) is 54.6 Å². The van der Waals surface area contributed by atoms with Crippen molar-refractivity contribution in [3.05, 3.63) is 94.4 Å². The largest absolute Gasteiger partial charge is 0.490 e. The zero-order valence-corrected chi connectivity index (χ0v) is 19.2. The molecule has 0 bridgehead atoms. The van der Waals surface area contributed by atoms with E-state index < -0.39 is 6.09 Å². The van der Waals surface area contributed by atoms with E-state index >= 15 is 0 Å². The SMILES string of the molecule is C=CCOc1ccc(C2c3[nH]c4c(c3CCN2C(=O)Oc2ccc(F)cc2)=CC(Cl)CC=4)cc1. The number of aromatic amines is 1. The van der Waals surface area contributed by atoms with Crippen molar-refractivity contribution < 1.29 is 18.7 Å². The molecule has 34 heavy (non-hydrogen) atoms. The Balaban J connectivity index is 1.54. The van der Waals surface area contributed by atoms with Gasteiger partial charge in [-0.25, -0.2) is 9.18 Å². The van der Waals surface area contributed by atoms with Gasteiger partial charge in [0.05, 0.1) is 5.38 Å². The zero-order chi connectivity index (χ0) is 23.7. The summed E-state index contributed by atoms with van der Waals surface area (Å²) in [5.74, 6) is 0.625. The quantitative estimate of drug-likeness (QED) is 0.436. The minimum Gasteiger partial charge on any atom is -0.490 e. The number of halogens is 2. The third-order valence-electron chi connectivity index (χ3n) is 6.11. The molecule has 1 aliphatic heterocycles. The molecule has 1 amide bonds. The normalized spacial score (nSPS) is 18.7. The molecule has 2 aliphatic rings. The fourth-order valence-corrected chi connectivity index (χ4v) is 4.77. The smallest absolute Gasteiger partial charge is 0.416 e. The van der Waals surface area contributed by atoms with Crippen LogP contribution in [0.3, 0.4) is 0 Å². The van der Waals surface area contributed by atoms with Gasteiger partial charge < -0.3 is 14.5 Å². The lowest BCUT2D eigenvalue weighted by atomic mass is 9.92. The van der Waals surface area contributed by atoms with Gasteiger partial charge in [-0.05, 0) is 60.4 Å². The molecule has 2 aromatic carbocycles. The van der Waals surface area contributed by atoms with Gasteiger partial charge >= 0.3 is 6.09 Å². The Morgan fingerprint density at radius 3 is 2.65 bits per heavy atom. The molecule has 0 fully saturated rings. The molecule has 0 saturated carbocycles.